The van der Waals surface area contributed by atoms with Crippen LogP contribution < -0.4 is 9.47 Å². The van der Waals surface area contributed by atoms with Gasteiger partial charge in [-0.25, -0.2) is 9.59 Å². The van der Waals surface area contributed by atoms with Gasteiger partial charge in [0.05, 0.1) is 0 Å². The second-order valence-corrected chi connectivity index (χ2v) is 1.83. The molecule has 0 atom stereocenters. The van der Waals surface area contributed by atoms with Gasteiger partial charge in [0.1, 0.15) is 0 Å². The van der Waals surface area contributed by atoms with E-state index in [1.54, 1.807) is 0 Å². The largest absolute Gasteiger partial charge is 0.512 e. The van der Waals surface area contributed by atoms with Gasteiger partial charge < -0.3 is 24.9 Å². The zero-order chi connectivity index (χ0) is 10.7. The molecular weight excluding hydrogens is 202 g/mol. The van der Waals surface area contributed by atoms with Crippen LogP contribution in [0, 0.1) is 0 Å². The minimum atomic E-state index is -1.78. The summed E-state index contributed by atoms with van der Waals surface area (Å²) in [4.78, 5) is 20.0. The van der Waals surface area contributed by atoms with E-state index in [0.717, 1.165) is 0 Å². The molecule has 0 radical (unpaired) electrons. The van der Waals surface area contributed by atoms with Crippen LogP contribution in [0.4, 0.5) is 9.59 Å². The first-order valence-corrected chi connectivity index (χ1v) is 2.97. The number of carbonyl (C=O) groups is 2. The molecule has 0 saturated carbocycles. The van der Waals surface area contributed by atoms with Crippen LogP contribution in [0.15, 0.2) is 0 Å². The molecule has 0 unspecified atom stereocenters. The molecule has 14 heavy (non-hydrogen) atoms. The maximum atomic E-state index is 10.1. The molecule has 0 bridgehead atoms. The Balaban J connectivity index is 2.93. The summed E-state index contributed by atoms with van der Waals surface area (Å²) < 4.78 is 7.87. The van der Waals surface area contributed by atoms with E-state index in [0.29, 0.717) is 0 Å². The summed E-state index contributed by atoms with van der Waals surface area (Å²) in [5.74, 6) is -1.62. The highest BCUT2D eigenvalue weighted by molar-refractivity contribution is 5.64. The fourth-order valence-electron chi connectivity index (χ4n) is 0.566. The van der Waals surface area contributed by atoms with Gasteiger partial charge in [-0.15, -0.1) is 0 Å². The first-order chi connectivity index (χ1) is 6.50. The van der Waals surface area contributed by atoms with Gasteiger partial charge in [-0.3, -0.25) is 0 Å². The Kier molecular flexibility index (Phi) is 2.37. The number of hydrogen-bond acceptors (Lipinski definition) is 7. The Morgan fingerprint density at radius 3 is 2.29 bits per heavy atom. The normalized spacial score (nSPS) is 9.43. The van der Waals surface area contributed by atoms with E-state index in [2.05, 4.69) is 19.8 Å². The quantitative estimate of drug-likeness (QED) is 0.434. The third-order valence-electron chi connectivity index (χ3n) is 0.953. The molecule has 10 nitrogen and oxygen atoms in total. The fraction of sp³-hybridized carbons (Fsp3) is 0. The Hall–Kier alpha value is -2.52. The van der Waals surface area contributed by atoms with Crippen LogP contribution in [-0.4, -0.2) is 42.9 Å². The SMILES string of the molecule is O=C(O)Oc1nnn(O)c1OC(=O)O. The van der Waals surface area contributed by atoms with Crippen molar-refractivity contribution < 1.29 is 34.5 Å². The smallest absolute Gasteiger partial charge is 0.449 e. The molecule has 0 aliphatic heterocycles. The molecule has 1 heterocycles. The van der Waals surface area contributed by atoms with Gasteiger partial charge in [0.15, 0.2) is 0 Å². The number of carboxylic acid groups (broad SMARTS) is 2. The lowest BCUT2D eigenvalue weighted by molar-refractivity contribution is 0.0923. The van der Waals surface area contributed by atoms with Crippen molar-refractivity contribution in [1.82, 2.24) is 15.2 Å². The van der Waals surface area contributed by atoms with E-state index in [1.807, 2.05) is 0 Å². The summed E-state index contributed by atoms with van der Waals surface area (Å²) in [6.07, 6.45) is -3.53. The maximum Gasteiger partial charge on any atom is 0.512 e. The third kappa shape index (κ3) is 2.00. The standard InChI is InChI=1S/C4H3N3O7/c8-3(9)13-1-2(14-4(10)11)7(12)6-5-1/h12H,(H,8,9)(H,10,11). The monoisotopic (exact) mass is 205 g/mol. The molecule has 0 aliphatic carbocycles. The van der Waals surface area contributed by atoms with Crippen molar-refractivity contribution in [3.63, 3.8) is 0 Å². The Labute approximate surface area is 74.8 Å². The predicted molar refractivity (Wildman–Crippen MR) is 34.5 cm³/mol. The average molecular weight is 205 g/mol. The third-order valence-corrected chi connectivity index (χ3v) is 0.953. The highest BCUT2D eigenvalue weighted by Crippen LogP contribution is 2.22. The molecular formula is C4H3N3O7. The van der Waals surface area contributed by atoms with Gasteiger partial charge in [0, 0.05) is 0 Å². The molecule has 0 spiro atoms. The van der Waals surface area contributed by atoms with Crippen molar-refractivity contribution in [2.24, 2.45) is 0 Å². The molecule has 1 aromatic rings. The molecule has 0 aromatic carbocycles. The first kappa shape index (κ1) is 9.57. The van der Waals surface area contributed by atoms with Crippen molar-refractivity contribution in [3.8, 4) is 11.8 Å². The second-order valence-electron chi connectivity index (χ2n) is 1.83. The van der Waals surface area contributed by atoms with Crippen LogP contribution in [0.25, 0.3) is 0 Å². The van der Waals surface area contributed by atoms with Crippen LogP contribution in [0.5, 0.6) is 11.8 Å². The number of rotatable bonds is 2. The number of ether oxygens (including phenoxy) is 2. The van der Waals surface area contributed by atoms with E-state index in [4.69, 9.17) is 15.4 Å². The van der Waals surface area contributed by atoms with Gasteiger partial charge >= 0.3 is 24.1 Å². The van der Waals surface area contributed by atoms with Crippen molar-refractivity contribution in [2.75, 3.05) is 0 Å². The molecule has 1 rings (SSSR count). The number of aromatic nitrogens is 3. The van der Waals surface area contributed by atoms with Gasteiger partial charge in [-0.05, 0) is 10.1 Å². The van der Waals surface area contributed by atoms with Crippen molar-refractivity contribution in [1.29, 1.82) is 0 Å². The Morgan fingerprint density at radius 1 is 1.21 bits per heavy atom. The molecule has 0 saturated heterocycles. The highest BCUT2D eigenvalue weighted by Gasteiger charge is 2.21. The average Bonchev–Trinajstić information content (AvgIpc) is 2.34. The first-order valence-electron chi connectivity index (χ1n) is 2.97. The molecule has 0 aliphatic rings. The number of nitrogens with zero attached hydrogens (tertiary/aromatic N) is 3. The minimum Gasteiger partial charge on any atom is -0.449 e. The Bertz CT molecular complexity index is 371. The molecule has 1 aromatic heterocycles. The molecule has 76 valence electrons. The van der Waals surface area contributed by atoms with Crippen LogP contribution in [0.1, 0.15) is 0 Å². The maximum absolute atomic E-state index is 10.1. The van der Waals surface area contributed by atoms with E-state index in [-0.39, 0.29) is 4.85 Å². The fourth-order valence-corrected chi connectivity index (χ4v) is 0.566. The lowest BCUT2D eigenvalue weighted by Gasteiger charge is -1.98. The van der Waals surface area contributed by atoms with Crippen LogP contribution in [-0.2, 0) is 0 Å². The van der Waals surface area contributed by atoms with E-state index in [1.165, 1.54) is 0 Å². The molecule has 0 fully saturated rings. The Morgan fingerprint density at radius 2 is 1.79 bits per heavy atom. The molecule has 0 amide bonds. The van der Waals surface area contributed by atoms with Crippen molar-refractivity contribution >= 4 is 12.3 Å². The lowest BCUT2D eigenvalue weighted by atomic mass is 10.7. The highest BCUT2D eigenvalue weighted by atomic mass is 16.7. The van der Waals surface area contributed by atoms with Crippen molar-refractivity contribution in [2.45, 2.75) is 0 Å². The zero-order valence-corrected chi connectivity index (χ0v) is 6.32. The predicted octanol–water partition coefficient (Wildman–Crippen LogP) is -0.371. The summed E-state index contributed by atoms with van der Waals surface area (Å²) in [6.45, 7) is 0. The number of hydrogen-bond donors (Lipinski definition) is 3. The summed E-state index contributed by atoms with van der Waals surface area (Å²) in [7, 11) is 0. The lowest BCUT2D eigenvalue weighted by Crippen LogP contribution is -2.10. The van der Waals surface area contributed by atoms with Gasteiger partial charge in [-0.1, -0.05) is 5.10 Å². The van der Waals surface area contributed by atoms with E-state index >= 15 is 0 Å². The van der Waals surface area contributed by atoms with E-state index < -0.39 is 24.1 Å². The van der Waals surface area contributed by atoms with Gasteiger partial charge in [0.25, 0.3) is 0 Å². The summed E-state index contributed by atoms with van der Waals surface area (Å²) in [6, 6.07) is 0. The summed E-state index contributed by atoms with van der Waals surface area (Å²) in [5, 5.41) is 30.9. The second kappa shape index (κ2) is 3.47. The van der Waals surface area contributed by atoms with Crippen LogP contribution in [0.3, 0.4) is 0 Å². The molecule has 10 heteroatoms. The van der Waals surface area contributed by atoms with Crippen LogP contribution in [0.2, 0.25) is 0 Å². The summed E-state index contributed by atoms with van der Waals surface area (Å²) >= 11 is 0. The zero-order valence-electron chi connectivity index (χ0n) is 6.32. The van der Waals surface area contributed by atoms with Crippen LogP contribution >= 0.6 is 0 Å². The minimum absolute atomic E-state index is 0.0770. The topological polar surface area (TPSA) is 144 Å². The van der Waals surface area contributed by atoms with E-state index in [9.17, 15) is 9.59 Å². The molecule has 3 N–H and O–H groups in total. The van der Waals surface area contributed by atoms with Crippen molar-refractivity contribution in [3.05, 3.63) is 0 Å². The van der Waals surface area contributed by atoms with Gasteiger partial charge in [0.2, 0.25) is 0 Å². The van der Waals surface area contributed by atoms with Gasteiger partial charge in [-0.2, -0.15) is 0 Å². The summed E-state index contributed by atoms with van der Waals surface area (Å²) in [5.41, 5.74) is 0.